The summed E-state index contributed by atoms with van der Waals surface area (Å²) in [5, 5.41) is 0. The van der Waals surface area contributed by atoms with E-state index in [1.807, 2.05) is 4.90 Å². The summed E-state index contributed by atoms with van der Waals surface area (Å²) in [4.78, 5) is 28.2. The SMILES string of the molecule is O=C(C1CCCC1)N1CCN(S(=O)(=O)c2ccc(N3CCCC3=O)cc2)CC1. The number of carbonyl (C=O) groups excluding carboxylic acids is 2. The molecule has 0 atom stereocenters. The second-order valence-corrected chi connectivity index (χ2v) is 9.79. The van der Waals surface area contributed by atoms with Crippen molar-refractivity contribution in [2.24, 2.45) is 5.92 Å². The smallest absolute Gasteiger partial charge is 0.243 e. The van der Waals surface area contributed by atoms with Crippen molar-refractivity contribution in [3.63, 3.8) is 0 Å². The molecule has 7 nitrogen and oxygen atoms in total. The van der Waals surface area contributed by atoms with Crippen LogP contribution in [0.4, 0.5) is 5.69 Å². The zero-order valence-electron chi connectivity index (χ0n) is 16.0. The predicted octanol–water partition coefficient (Wildman–Crippen LogP) is 1.84. The molecule has 2 amide bonds. The van der Waals surface area contributed by atoms with Crippen LogP contribution in [0.25, 0.3) is 0 Å². The number of carbonyl (C=O) groups is 2. The van der Waals surface area contributed by atoms with Crippen LogP contribution in [0.5, 0.6) is 0 Å². The van der Waals surface area contributed by atoms with Crippen molar-refractivity contribution in [3.05, 3.63) is 24.3 Å². The summed E-state index contributed by atoms with van der Waals surface area (Å²) < 4.78 is 27.4. The topological polar surface area (TPSA) is 78.0 Å². The number of amides is 2. The summed E-state index contributed by atoms with van der Waals surface area (Å²) in [6.07, 6.45) is 5.53. The van der Waals surface area contributed by atoms with Crippen molar-refractivity contribution in [3.8, 4) is 0 Å². The van der Waals surface area contributed by atoms with Gasteiger partial charge in [0.05, 0.1) is 4.90 Å². The van der Waals surface area contributed by atoms with E-state index in [1.54, 1.807) is 29.2 Å². The number of hydrogen-bond acceptors (Lipinski definition) is 4. The first-order chi connectivity index (χ1) is 13.5. The lowest BCUT2D eigenvalue weighted by Gasteiger charge is -2.35. The van der Waals surface area contributed by atoms with E-state index in [0.29, 0.717) is 39.1 Å². The van der Waals surface area contributed by atoms with Gasteiger partial charge in [0.25, 0.3) is 0 Å². The van der Waals surface area contributed by atoms with E-state index in [2.05, 4.69) is 0 Å². The van der Waals surface area contributed by atoms with Gasteiger partial charge in [0.2, 0.25) is 21.8 Å². The highest BCUT2D eigenvalue weighted by molar-refractivity contribution is 7.89. The first-order valence-corrected chi connectivity index (χ1v) is 11.6. The van der Waals surface area contributed by atoms with E-state index in [9.17, 15) is 18.0 Å². The molecule has 0 unspecified atom stereocenters. The van der Waals surface area contributed by atoms with E-state index in [0.717, 1.165) is 37.8 Å². The van der Waals surface area contributed by atoms with E-state index in [1.165, 1.54) is 4.31 Å². The highest BCUT2D eigenvalue weighted by Gasteiger charge is 2.33. The van der Waals surface area contributed by atoms with Gasteiger partial charge < -0.3 is 9.80 Å². The molecule has 3 fully saturated rings. The lowest BCUT2D eigenvalue weighted by Crippen LogP contribution is -2.51. The summed E-state index contributed by atoms with van der Waals surface area (Å²) in [6, 6.07) is 6.56. The third-order valence-electron chi connectivity index (χ3n) is 6.11. The van der Waals surface area contributed by atoms with Gasteiger partial charge in [-0.3, -0.25) is 9.59 Å². The molecule has 1 aromatic carbocycles. The molecule has 152 valence electrons. The number of piperazine rings is 1. The lowest BCUT2D eigenvalue weighted by atomic mass is 10.1. The number of sulfonamides is 1. The second kappa shape index (κ2) is 7.83. The van der Waals surface area contributed by atoms with E-state index >= 15 is 0 Å². The Morgan fingerprint density at radius 1 is 0.893 bits per heavy atom. The summed E-state index contributed by atoms with van der Waals surface area (Å²) in [6.45, 7) is 2.24. The molecule has 0 bridgehead atoms. The van der Waals surface area contributed by atoms with Crippen molar-refractivity contribution in [1.82, 2.24) is 9.21 Å². The highest BCUT2D eigenvalue weighted by atomic mass is 32.2. The monoisotopic (exact) mass is 405 g/mol. The largest absolute Gasteiger partial charge is 0.340 e. The fourth-order valence-electron chi connectivity index (χ4n) is 4.45. The minimum atomic E-state index is -3.59. The van der Waals surface area contributed by atoms with Crippen LogP contribution in [-0.4, -0.2) is 62.2 Å². The van der Waals surface area contributed by atoms with Crippen LogP contribution >= 0.6 is 0 Å². The molecule has 1 saturated carbocycles. The van der Waals surface area contributed by atoms with Gasteiger partial charge in [0, 0.05) is 50.7 Å². The maximum absolute atomic E-state index is 13.0. The maximum Gasteiger partial charge on any atom is 0.243 e. The number of nitrogens with zero attached hydrogens (tertiary/aromatic N) is 3. The molecule has 2 aliphatic heterocycles. The van der Waals surface area contributed by atoms with Crippen molar-refractivity contribution in [1.29, 1.82) is 0 Å². The Morgan fingerprint density at radius 2 is 1.54 bits per heavy atom. The Bertz CT molecular complexity index is 839. The van der Waals surface area contributed by atoms with E-state index in [-0.39, 0.29) is 22.6 Å². The van der Waals surface area contributed by atoms with Gasteiger partial charge in [-0.1, -0.05) is 12.8 Å². The Hall–Kier alpha value is -1.93. The zero-order chi connectivity index (χ0) is 19.7. The Labute approximate surface area is 166 Å². The molecule has 1 aromatic rings. The molecule has 1 aliphatic carbocycles. The second-order valence-electron chi connectivity index (χ2n) is 7.85. The van der Waals surface area contributed by atoms with Gasteiger partial charge in [0.1, 0.15) is 0 Å². The van der Waals surface area contributed by atoms with Gasteiger partial charge >= 0.3 is 0 Å². The highest BCUT2D eigenvalue weighted by Crippen LogP contribution is 2.28. The van der Waals surface area contributed by atoms with E-state index in [4.69, 9.17) is 0 Å². The molecule has 0 N–H and O–H groups in total. The predicted molar refractivity (Wildman–Crippen MR) is 105 cm³/mol. The fourth-order valence-corrected chi connectivity index (χ4v) is 5.87. The molecule has 8 heteroatoms. The molecular formula is C20H27N3O4S. The zero-order valence-corrected chi connectivity index (χ0v) is 16.9. The minimum Gasteiger partial charge on any atom is -0.340 e. The van der Waals surface area contributed by atoms with Gasteiger partial charge in [0.15, 0.2) is 0 Å². The maximum atomic E-state index is 13.0. The van der Waals surface area contributed by atoms with Crippen molar-refractivity contribution >= 4 is 27.5 Å². The number of hydrogen-bond donors (Lipinski definition) is 0. The Kier molecular flexibility index (Phi) is 5.42. The van der Waals surface area contributed by atoms with Crippen molar-refractivity contribution in [2.45, 2.75) is 43.4 Å². The Morgan fingerprint density at radius 3 is 2.11 bits per heavy atom. The van der Waals surface area contributed by atoms with Crippen molar-refractivity contribution in [2.75, 3.05) is 37.6 Å². The fraction of sp³-hybridized carbons (Fsp3) is 0.600. The van der Waals surface area contributed by atoms with Crippen LogP contribution < -0.4 is 4.90 Å². The van der Waals surface area contributed by atoms with Crippen molar-refractivity contribution < 1.29 is 18.0 Å². The normalized spacial score (nSPS) is 22.2. The van der Waals surface area contributed by atoms with Crippen LogP contribution in [0.3, 0.4) is 0 Å². The molecule has 0 radical (unpaired) electrons. The van der Waals surface area contributed by atoms with Gasteiger partial charge in [-0.05, 0) is 43.5 Å². The summed E-state index contributed by atoms with van der Waals surface area (Å²) in [5.74, 6) is 0.400. The van der Waals surface area contributed by atoms with Crippen LogP contribution in [0.2, 0.25) is 0 Å². The minimum absolute atomic E-state index is 0.0821. The summed E-state index contributed by atoms with van der Waals surface area (Å²) >= 11 is 0. The molecule has 2 heterocycles. The number of rotatable bonds is 4. The van der Waals surface area contributed by atoms with Crippen LogP contribution in [0, 0.1) is 5.92 Å². The average Bonchev–Trinajstić information content (AvgIpc) is 3.39. The van der Waals surface area contributed by atoms with Crippen LogP contribution in [0.1, 0.15) is 38.5 Å². The standard InChI is InChI=1S/C20H27N3O4S/c24-19-6-3-11-23(19)17-7-9-18(10-8-17)28(26,27)22-14-12-21(13-15-22)20(25)16-4-1-2-5-16/h7-10,16H,1-6,11-15H2. The number of benzene rings is 1. The first-order valence-electron chi connectivity index (χ1n) is 10.2. The first kappa shape index (κ1) is 19.4. The quantitative estimate of drug-likeness (QED) is 0.766. The van der Waals surface area contributed by atoms with Gasteiger partial charge in [-0.25, -0.2) is 8.42 Å². The molecule has 4 rings (SSSR count). The van der Waals surface area contributed by atoms with Crippen LogP contribution in [0.15, 0.2) is 29.2 Å². The van der Waals surface area contributed by atoms with Crippen LogP contribution in [-0.2, 0) is 19.6 Å². The van der Waals surface area contributed by atoms with Gasteiger partial charge in [-0.15, -0.1) is 0 Å². The summed E-state index contributed by atoms with van der Waals surface area (Å²) in [5.41, 5.74) is 0.744. The Balaban J connectivity index is 1.40. The third kappa shape index (κ3) is 3.67. The number of anilines is 1. The lowest BCUT2D eigenvalue weighted by molar-refractivity contribution is -0.136. The summed E-state index contributed by atoms with van der Waals surface area (Å²) in [7, 11) is -3.59. The molecular weight excluding hydrogens is 378 g/mol. The molecule has 3 aliphatic rings. The van der Waals surface area contributed by atoms with Gasteiger partial charge in [-0.2, -0.15) is 4.31 Å². The average molecular weight is 406 g/mol. The molecule has 2 saturated heterocycles. The van der Waals surface area contributed by atoms with E-state index < -0.39 is 10.0 Å². The molecule has 0 spiro atoms. The molecule has 28 heavy (non-hydrogen) atoms. The molecule has 0 aromatic heterocycles. The third-order valence-corrected chi connectivity index (χ3v) is 8.03.